The average molecular weight is 438 g/mol. The SMILES string of the molecule is Cc1cccnc1-c1cccc2c1OC(CNC(=O)C1CCCc3c1[nH]c1ccccc31)C2. The lowest BCUT2D eigenvalue weighted by Crippen LogP contribution is -2.38. The van der Waals surface area contributed by atoms with Gasteiger partial charge in [0.25, 0.3) is 0 Å². The predicted octanol–water partition coefficient (Wildman–Crippen LogP) is 5.08. The number of hydrogen-bond donors (Lipinski definition) is 2. The number of pyridine rings is 1. The summed E-state index contributed by atoms with van der Waals surface area (Å²) >= 11 is 0. The fraction of sp³-hybridized carbons (Fsp3) is 0.286. The monoisotopic (exact) mass is 437 g/mol. The van der Waals surface area contributed by atoms with Crippen LogP contribution in [0.25, 0.3) is 22.2 Å². The van der Waals surface area contributed by atoms with Gasteiger partial charge in [-0.1, -0.05) is 36.4 Å². The molecular formula is C28H27N3O2. The molecule has 3 heterocycles. The maximum Gasteiger partial charge on any atom is 0.229 e. The molecule has 2 atom stereocenters. The number of fused-ring (bicyclic) bond motifs is 4. The summed E-state index contributed by atoms with van der Waals surface area (Å²) in [5.74, 6) is 0.855. The Labute approximate surface area is 193 Å². The Hall–Kier alpha value is -3.60. The van der Waals surface area contributed by atoms with Gasteiger partial charge in [-0.05, 0) is 61.1 Å². The summed E-state index contributed by atoms with van der Waals surface area (Å²) in [6.07, 6.45) is 5.47. The van der Waals surface area contributed by atoms with E-state index < -0.39 is 0 Å². The molecule has 0 saturated heterocycles. The van der Waals surface area contributed by atoms with E-state index in [9.17, 15) is 4.79 Å². The van der Waals surface area contributed by atoms with Crippen molar-refractivity contribution in [3.8, 4) is 17.0 Å². The first kappa shape index (κ1) is 20.0. The zero-order chi connectivity index (χ0) is 22.4. The summed E-state index contributed by atoms with van der Waals surface area (Å²) in [4.78, 5) is 21.3. The Bertz CT molecular complexity index is 1360. The van der Waals surface area contributed by atoms with Gasteiger partial charge in [-0.25, -0.2) is 0 Å². The Morgan fingerprint density at radius 2 is 2.06 bits per heavy atom. The van der Waals surface area contributed by atoms with Crippen LogP contribution < -0.4 is 10.1 Å². The van der Waals surface area contributed by atoms with Crippen LogP contribution in [0.3, 0.4) is 0 Å². The molecule has 5 heteroatoms. The highest BCUT2D eigenvalue weighted by atomic mass is 16.5. The molecule has 2 N–H and O–H groups in total. The number of carbonyl (C=O) groups excluding carboxylic acids is 1. The largest absolute Gasteiger partial charge is 0.487 e. The first-order chi connectivity index (χ1) is 16.2. The Morgan fingerprint density at radius 3 is 2.97 bits per heavy atom. The average Bonchev–Trinajstić information content (AvgIpc) is 3.44. The third-order valence-corrected chi connectivity index (χ3v) is 7.03. The van der Waals surface area contributed by atoms with Crippen LogP contribution in [0.5, 0.6) is 5.75 Å². The molecule has 33 heavy (non-hydrogen) atoms. The summed E-state index contributed by atoms with van der Waals surface area (Å²) in [7, 11) is 0. The number of aryl methyl sites for hydroxylation is 2. The zero-order valence-electron chi connectivity index (χ0n) is 18.7. The number of nitrogens with zero attached hydrogens (tertiary/aromatic N) is 1. The van der Waals surface area contributed by atoms with Crippen LogP contribution >= 0.6 is 0 Å². The van der Waals surface area contributed by atoms with Crippen molar-refractivity contribution in [2.75, 3.05) is 6.54 Å². The number of hydrogen-bond acceptors (Lipinski definition) is 3. The van der Waals surface area contributed by atoms with Crippen molar-refractivity contribution in [2.45, 2.75) is 44.6 Å². The van der Waals surface area contributed by atoms with Crippen LogP contribution in [0.1, 0.15) is 41.1 Å². The van der Waals surface area contributed by atoms with Gasteiger partial charge in [-0.2, -0.15) is 0 Å². The van der Waals surface area contributed by atoms with Crippen molar-refractivity contribution >= 4 is 16.8 Å². The van der Waals surface area contributed by atoms with Crippen molar-refractivity contribution in [3.63, 3.8) is 0 Å². The third kappa shape index (κ3) is 3.48. The molecule has 2 aromatic heterocycles. The highest BCUT2D eigenvalue weighted by molar-refractivity contribution is 5.90. The zero-order valence-corrected chi connectivity index (χ0v) is 18.7. The summed E-state index contributed by atoms with van der Waals surface area (Å²) < 4.78 is 6.34. The molecule has 2 unspecified atom stereocenters. The minimum atomic E-state index is -0.128. The molecule has 5 nitrogen and oxygen atoms in total. The van der Waals surface area contributed by atoms with E-state index >= 15 is 0 Å². The van der Waals surface area contributed by atoms with Crippen LogP contribution in [0.4, 0.5) is 0 Å². The first-order valence-corrected chi connectivity index (χ1v) is 11.8. The highest BCUT2D eigenvalue weighted by Crippen LogP contribution is 2.39. The van der Waals surface area contributed by atoms with Crippen molar-refractivity contribution in [3.05, 3.63) is 83.2 Å². The lowest BCUT2D eigenvalue weighted by molar-refractivity contribution is -0.123. The molecule has 0 saturated carbocycles. The Balaban J connectivity index is 1.18. The molecule has 166 valence electrons. The minimum Gasteiger partial charge on any atom is -0.487 e. The van der Waals surface area contributed by atoms with E-state index in [-0.39, 0.29) is 17.9 Å². The first-order valence-electron chi connectivity index (χ1n) is 11.8. The van der Waals surface area contributed by atoms with Crippen molar-refractivity contribution < 1.29 is 9.53 Å². The van der Waals surface area contributed by atoms with Crippen LogP contribution in [0, 0.1) is 6.92 Å². The number of aromatic amines is 1. The number of para-hydroxylation sites is 2. The van der Waals surface area contributed by atoms with Crippen molar-refractivity contribution in [2.24, 2.45) is 0 Å². The quantitative estimate of drug-likeness (QED) is 0.468. The lowest BCUT2D eigenvalue weighted by Gasteiger charge is -2.23. The van der Waals surface area contributed by atoms with E-state index in [1.54, 1.807) is 0 Å². The van der Waals surface area contributed by atoms with E-state index in [0.29, 0.717) is 6.54 Å². The topological polar surface area (TPSA) is 67.0 Å². The van der Waals surface area contributed by atoms with E-state index in [1.165, 1.54) is 16.5 Å². The second kappa shape index (κ2) is 8.07. The maximum absolute atomic E-state index is 13.2. The second-order valence-electron chi connectivity index (χ2n) is 9.16. The molecule has 1 aliphatic carbocycles. The van der Waals surface area contributed by atoms with Gasteiger partial charge < -0.3 is 15.0 Å². The lowest BCUT2D eigenvalue weighted by atomic mass is 9.86. The van der Waals surface area contributed by atoms with Gasteiger partial charge in [-0.3, -0.25) is 9.78 Å². The second-order valence-corrected chi connectivity index (χ2v) is 9.16. The number of aromatic nitrogens is 2. The molecule has 4 aromatic rings. The fourth-order valence-electron chi connectivity index (χ4n) is 5.42. The number of rotatable bonds is 4. The van der Waals surface area contributed by atoms with Crippen molar-refractivity contribution in [1.29, 1.82) is 0 Å². The molecule has 1 amide bonds. The molecule has 0 radical (unpaired) electrons. The van der Waals surface area contributed by atoms with Gasteiger partial charge in [0.05, 0.1) is 18.2 Å². The van der Waals surface area contributed by atoms with Crippen LogP contribution in [0.15, 0.2) is 60.8 Å². The number of carbonyl (C=O) groups is 1. The number of H-pyrrole nitrogens is 1. The molecule has 2 aromatic carbocycles. The van der Waals surface area contributed by atoms with E-state index in [2.05, 4.69) is 64.7 Å². The molecule has 6 rings (SSSR count). The molecule has 0 spiro atoms. The number of amides is 1. The highest BCUT2D eigenvalue weighted by Gasteiger charge is 2.31. The van der Waals surface area contributed by atoms with Crippen LogP contribution in [0.2, 0.25) is 0 Å². The van der Waals surface area contributed by atoms with E-state index in [1.807, 2.05) is 18.3 Å². The maximum atomic E-state index is 13.2. The Morgan fingerprint density at radius 1 is 1.15 bits per heavy atom. The number of benzene rings is 2. The Kier molecular flexibility index (Phi) is 4.90. The van der Waals surface area contributed by atoms with E-state index in [4.69, 9.17) is 4.74 Å². The van der Waals surface area contributed by atoms with Crippen LogP contribution in [-0.2, 0) is 17.6 Å². The van der Waals surface area contributed by atoms with Gasteiger partial charge in [0.15, 0.2) is 0 Å². The smallest absolute Gasteiger partial charge is 0.229 e. The van der Waals surface area contributed by atoms with Gasteiger partial charge in [-0.15, -0.1) is 0 Å². The molecular weight excluding hydrogens is 410 g/mol. The van der Waals surface area contributed by atoms with Gasteiger partial charge in [0.2, 0.25) is 5.91 Å². The normalized spacial score (nSPS) is 19.1. The predicted molar refractivity (Wildman–Crippen MR) is 130 cm³/mol. The molecule has 0 bridgehead atoms. The fourth-order valence-corrected chi connectivity index (χ4v) is 5.42. The summed E-state index contributed by atoms with van der Waals surface area (Å²) in [5, 5.41) is 4.43. The minimum absolute atomic E-state index is 0.0695. The molecule has 1 aliphatic heterocycles. The van der Waals surface area contributed by atoms with Gasteiger partial charge in [0.1, 0.15) is 11.9 Å². The van der Waals surface area contributed by atoms with Crippen LogP contribution in [-0.4, -0.2) is 28.5 Å². The van der Waals surface area contributed by atoms with E-state index in [0.717, 1.165) is 59.5 Å². The molecule has 0 fully saturated rings. The summed E-state index contributed by atoms with van der Waals surface area (Å²) in [6.45, 7) is 2.57. The number of nitrogens with one attached hydrogen (secondary N) is 2. The number of ether oxygens (including phenoxy) is 1. The van der Waals surface area contributed by atoms with Gasteiger partial charge >= 0.3 is 0 Å². The summed E-state index contributed by atoms with van der Waals surface area (Å²) in [6, 6.07) is 18.6. The standard InChI is InChI=1S/C28H27N3O2/c1-17-7-6-14-29-25(17)22-11-4-8-18-15-19(33-27(18)22)16-30-28(32)23-12-5-10-21-20-9-2-3-13-24(20)31-26(21)23/h2-4,6-9,11,13-14,19,23,31H,5,10,12,15-16H2,1H3,(H,30,32). The summed E-state index contributed by atoms with van der Waals surface area (Å²) in [5.41, 5.74) is 7.78. The third-order valence-electron chi connectivity index (χ3n) is 7.03. The van der Waals surface area contributed by atoms with Crippen molar-refractivity contribution in [1.82, 2.24) is 15.3 Å². The molecule has 2 aliphatic rings. The van der Waals surface area contributed by atoms with Gasteiger partial charge in [0, 0.05) is 34.8 Å².